The number of nitrogen functional groups attached to an aromatic ring is 1. The molecule has 0 fully saturated rings. The summed E-state index contributed by atoms with van der Waals surface area (Å²) in [7, 11) is 0. The van der Waals surface area contributed by atoms with Gasteiger partial charge in [0.25, 0.3) is 11.8 Å². The smallest absolute Gasteiger partial charge is 0.255 e. The molecule has 0 atom stereocenters. The fraction of sp³-hybridized carbons (Fsp3) is 0.0714. The van der Waals surface area contributed by atoms with Crippen molar-refractivity contribution < 1.29 is 9.59 Å². The van der Waals surface area contributed by atoms with E-state index in [-0.39, 0.29) is 11.8 Å². The second-order valence-electron chi connectivity index (χ2n) is 8.10. The Morgan fingerprint density at radius 1 is 0.818 bits per heavy atom. The van der Waals surface area contributed by atoms with Crippen molar-refractivity contribution in [3.8, 4) is 11.1 Å². The van der Waals surface area contributed by atoms with Crippen molar-refractivity contribution in [1.29, 1.82) is 0 Å². The SMILES string of the molecule is Nc1ccccc1NC(=O)c1ccc(CN2Cc3c(cccc3-c3ccccc3)C2=O)cc1. The number of benzene rings is 4. The van der Waals surface area contributed by atoms with E-state index in [2.05, 4.69) is 23.5 Å². The first-order chi connectivity index (χ1) is 16.1. The molecule has 5 heteroatoms. The molecular weight excluding hydrogens is 410 g/mol. The number of carbonyl (C=O) groups excluding carboxylic acids is 2. The summed E-state index contributed by atoms with van der Waals surface area (Å²) in [6, 6.07) is 30.5. The van der Waals surface area contributed by atoms with Crippen molar-refractivity contribution in [3.05, 3.63) is 119 Å². The van der Waals surface area contributed by atoms with Gasteiger partial charge in [-0.25, -0.2) is 0 Å². The second-order valence-corrected chi connectivity index (χ2v) is 8.10. The van der Waals surface area contributed by atoms with Gasteiger partial charge in [-0.3, -0.25) is 9.59 Å². The number of nitrogens with one attached hydrogen (secondary N) is 1. The molecule has 1 aliphatic heterocycles. The van der Waals surface area contributed by atoms with Crippen LogP contribution in [0.2, 0.25) is 0 Å². The molecular formula is C28H23N3O2. The number of nitrogens with two attached hydrogens (primary N) is 1. The van der Waals surface area contributed by atoms with E-state index in [1.165, 1.54) is 0 Å². The van der Waals surface area contributed by atoms with Crippen LogP contribution in [0.1, 0.15) is 31.8 Å². The van der Waals surface area contributed by atoms with Crippen molar-refractivity contribution in [2.75, 3.05) is 11.1 Å². The Bertz CT molecular complexity index is 1330. The Kier molecular flexibility index (Phi) is 5.37. The van der Waals surface area contributed by atoms with Gasteiger partial charge in [0.1, 0.15) is 0 Å². The van der Waals surface area contributed by atoms with Crippen LogP contribution in [0.15, 0.2) is 97.1 Å². The van der Waals surface area contributed by atoms with Gasteiger partial charge < -0.3 is 16.0 Å². The number of carbonyl (C=O) groups is 2. The zero-order valence-electron chi connectivity index (χ0n) is 18.0. The highest BCUT2D eigenvalue weighted by molar-refractivity contribution is 6.05. The predicted molar refractivity (Wildman–Crippen MR) is 131 cm³/mol. The maximum absolute atomic E-state index is 13.0. The van der Waals surface area contributed by atoms with Crippen molar-refractivity contribution in [1.82, 2.24) is 4.90 Å². The van der Waals surface area contributed by atoms with Gasteiger partial charge in [-0.2, -0.15) is 0 Å². The van der Waals surface area contributed by atoms with Crippen LogP contribution in [0.4, 0.5) is 11.4 Å². The predicted octanol–water partition coefficient (Wildman–Crippen LogP) is 5.34. The molecule has 4 aromatic carbocycles. The average molecular weight is 434 g/mol. The zero-order valence-corrected chi connectivity index (χ0v) is 18.0. The third-order valence-corrected chi connectivity index (χ3v) is 5.93. The maximum atomic E-state index is 13.0. The van der Waals surface area contributed by atoms with E-state index in [9.17, 15) is 9.59 Å². The lowest BCUT2D eigenvalue weighted by Gasteiger charge is -2.16. The third kappa shape index (κ3) is 4.08. The molecule has 0 saturated heterocycles. The summed E-state index contributed by atoms with van der Waals surface area (Å²) in [5, 5.41) is 2.83. The Labute approximate surface area is 192 Å². The van der Waals surface area contributed by atoms with Crippen molar-refractivity contribution in [3.63, 3.8) is 0 Å². The van der Waals surface area contributed by atoms with E-state index >= 15 is 0 Å². The van der Waals surface area contributed by atoms with Gasteiger partial charge in [-0.05, 0) is 52.6 Å². The highest BCUT2D eigenvalue weighted by atomic mass is 16.2. The number of hydrogen-bond acceptors (Lipinski definition) is 3. The molecule has 0 aromatic heterocycles. The zero-order chi connectivity index (χ0) is 22.8. The third-order valence-electron chi connectivity index (χ3n) is 5.93. The normalized spacial score (nSPS) is 12.5. The molecule has 33 heavy (non-hydrogen) atoms. The van der Waals surface area contributed by atoms with Crippen molar-refractivity contribution >= 4 is 23.2 Å². The maximum Gasteiger partial charge on any atom is 0.255 e. The highest BCUT2D eigenvalue weighted by Gasteiger charge is 2.29. The summed E-state index contributed by atoms with van der Waals surface area (Å²) in [4.78, 5) is 27.5. The van der Waals surface area contributed by atoms with E-state index in [0.717, 1.165) is 27.8 Å². The van der Waals surface area contributed by atoms with Crippen LogP contribution in [0.3, 0.4) is 0 Å². The van der Waals surface area contributed by atoms with Crippen LogP contribution < -0.4 is 11.1 Å². The molecule has 0 spiro atoms. The molecule has 0 radical (unpaired) electrons. The van der Waals surface area contributed by atoms with E-state index in [0.29, 0.717) is 30.0 Å². The number of hydrogen-bond donors (Lipinski definition) is 2. The number of para-hydroxylation sites is 2. The van der Waals surface area contributed by atoms with Gasteiger partial charge in [-0.15, -0.1) is 0 Å². The molecule has 0 saturated carbocycles. The molecule has 162 valence electrons. The van der Waals surface area contributed by atoms with E-state index in [1.807, 2.05) is 59.5 Å². The summed E-state index contributed by atoms with van der Waals surface area (Å²) < 4.78 is 0. The second kappa shape index (κ2) is 8.63. The standard InChI is InChI=1S/C28H23N3O2/c29-25-11-4-5-12-26(25)30-27(32)21-15-13-19(14-16-21)17-31-18-24-22(20-7-2-1-3-8-20)9-6-10-23(24)28(31)33/h1-16H,17-18,29H2,(H,30,32). The lowest BCUT2D eigenvalue weighted by molar-refractivity contribution is 0.0766. The monoisotopic (exact) mass is 433 g/mol. The topological polar surface area (TPSA) is 75.4 Å². The summed E-state index contributed by atoms with van der Waals surface area (Å²) >= 11 is 0. The Balaban J connectivity index is 1.30. The number of fused-ring (bicyclic) bond motifs is 1. The lowest BCUT2D eigenvalue weighted by Crippen LogP contribution is -2.23. The Morgan fingerprint density at radius 3 is 2.27 bits per heavy atom. The van der Waals surface area contributed by atoms with Crippen LogP contribution in [-0.4, -0.2) is 16.7 Å². The molecule has 1 aliphatic rings. The van der Waals surface area contributed by atoms with Crippen molar-refractivity contribution in [2.24, 2.45) is 0 Å². The number of rotatable bonds is 5. The summed E-state index contributed by atoms with van der Waals surface area (Å²) in [5.74, 6) is -0.194. The molecule has 1 heterocycles. The van der Waals surface area contributed by atoms with Crippen LogP contribution in [-0.2, 0) is 13.1 Å². The Morgan fingerprint density at radius 2 is 1.52 bits per heavy atom. The molecule has 4 aromatic rings. The van der Waals surface area contributed by atoms with Gasteiger partial charge in [0, 0.05) is 24.2 Å². The number of amides is 2. The fourth-order valence-corrected chi connectivity index (χ4v) is 4.19. The molecule has 0 unspecified atom stereocenters. The highest BCUT2D eigenvalue weighted by Crippen LogP contribution is 2.33. The van der Waals surface area contributed by atoms with Gasteiger partial charge in [-0.1, -0.05) is 66.7 Å². The minimum atomic E-state index is -0.225. The van der Waals surface area contributed by atoms with Gasteiger partial charge >= 0.3 is 0 Å². The largest absolute Gasteiger partial charge is 0.397 e. The molecule has 0 aliphatic carbocycles. The quantitative estimate of drug-likeness (QED) is 0.417. The van der Waals surface area contributed by atoms with Gasteiger partial charge in [0.05, 0.1) is 11.4 Å². The van der Waals surface area contributed by atoms with Crippen LogP contribution >= 0.6 is 0 Å². The fourth-order valence-electron chi connectivity index (χ4n) is 4.19. The first-order valence-electron chi connectivity index (χ1n) is 10.8. The van der Waals surface area contributed by atoms with Crippen LogP contribution in [0.25, 0.3) is 11.1 Å². The average Bonchev–Trinajstić information content (AvgIpc) is 3.17. The minimum absolute atomic E-state index is 0.0316. The summed E-state index contributed by atoms with van der Waals surface area (Å²) in [6.45, 7) is 1.05. The molecule has 3 N–H and O–H groups in total. The Hall–Kier alpha value is -4.38. The van der Waals surface area contributed by atoms with Gasteiger partial charge in [0.2, 0.25) is 0 Å². The van der Waals surface area contributed by atoms with E-state index in [4.69, 9.17) is 5.73 Å². The first kappa shape index (κ1) is 20.5. The number of nitrogens with zero attached hydrogens (tertiary/aromatic N) is 1. The van der Waals surface area contributed by atoms with Gasteiger partial charge in [0.15, 0.2) is 0 Å². The molecule has 2 amide bonds. The minimum Gasteiger partial charge on any atom is -0.397 e. The molecule has 5 rings (SSSR count). The lowest BCUT2D eigenvalue weighted by atomic mass is 9.97. The molecule has 5 nitrogen and oxygen atoms in total. The van der Waals surface area contributed by atoms with Crippen LogP contribution in [0.5, 0.6) is 0 Å². The summed E-state index contributed by atoms with van der Waals surface area (Å²) in [6.07, 6.45) is 0. The number of anilines is 2. The first-order valence-corrected chi connectivity index (χ1v) is 10.8. The van der Waals surface area contributed by atoms with E-state index in [1.54, 1.807) is 24.3 Å². The van der Waals surface area contributed by atoms with E-state index < -0.39 is 0 Å². The molecule has 0 bridgehead atoms. The summed E-state index contributed by atoms with van der Waals surface area (Å²) in [5.41, 5.74) is 12.5. The van der Waals surface area contributed by atoms with Crippen LogP contribution in [0, 0.1) is 0 Å². The van der Waals surface area contributed by atoms with Crippen molar-refractivity contribution in [2.45, 2.75) is 13.1 Å².